The molecule has 4 aromatic carbocycles. The maximum atomic E-state index is 13.7. The Morgan fingerprint density at radius 1 is 0.658 bits per heavy atom. The minimum Gasteiger partial charge on any atom is -0.255 e. The summed E-state index contributed by atoms with van der Waals surface area (Å²) in [5.41, 5.74) is 3.34. The number of nitrogens with zero attached hydrogens (tertiary/aromatic N) is 2. The highest BCUT2D eigenvalue weighted by molar-refractivity contribution is 7.89. The number of rotatable bonds is 9. The summed E-state index contributed by atoms with van der Waals surface area (Å²) in [5.74, 6) is 2.80. The van der Waals surface area contributed by atoms with Gasteiger partial charge in [-0.1, -0.05) is 100 Å². The third kappa shape index (κ3) is 6.47. The van der Waals surface area contributed by atoms with Crippen LogP contribution >= 0.6 is 0 Å². The third-order valence-corrected chi connectivity index (χ3v) is 9.34. The first-order valence-corrected chi connectivity index (χ1v) is 14.9. The second-order valence-electron chi connectivity index (χ2n) is 8.92. The predicted molar refractivity (Wildman–Crippen MR) is 149 cm³/mol. The largest absolute Gasteiger partial charge is 0.403 e. The van der Waals surface area contributed by atoms with Gasteiger partial charge in [-0.3, -0.25) is 4.31 Å². The zero-order valence-electron chi connectivity index (χ0n) is 21.2. The highest BCUT2D eigenvalue weighted by Crippen LogP contribution is 2.20. The van der Waals surface area contributed by atoms with Crippen LogP contribution in [0.2, 0.25) is 0 Å². The SMILES string of the molecule is Cc1ccc(S(=O)(=O)N(C=C=[N+](Cc2ccccc2)S(=O)(=O)c2ccc(C)cc2)Cc2ccccc2)cc1. The van der Waals surface area contributed by atoms with E-state index in [0.29, 0.717) is 0 Å². The lowest BCUT2D eigenvalue weighted by molar-refractivity contribution is -0.376. The van der Waals surface area contributed by atoms with E-state index in [1.54, 1.807) is 36.4 Å². The standard InChI is InChI=1S/C30H29N2O4S2/c1-25-13-17-29(18-14-25)37(33,34)31(23-27-9-5-3-6-10-27)21-22-32(24-28-11-7-4-8-12-28)38(35,36)30-19-15-26(2)16-20-30/h3-21H,23-24H2,1-2H3/q+1. The van der Waals surface area contributed by atoms with Crippen molar-refractivity contribution in [1.29, 1.82) is 0 Å². The van der Waals surface area contributed by atoms with Crippen molar-refractivity contribution in [3.05, 3.63) is 138 Å². The van der Waals surface area contributed by atoms with Crippen LogP contribution in [0.15, 0.2) is 125 Å². The average Bonchev–Trinajstić information content (AvgIpc) is 2.91. The van der Waals surface area contributed by atoms with Crippen LogP contribution in [0.1, 0.15) is 22.3 Å². The first-order chi connectivity index (χ1) is 18.2. The van der Waals surface area contributed by atoms with Crippen molar-refractivity contribution in [1.82, 2.24) is 4.31 Å². The molecule has 0 heterocycles. The molecule has 0 N–H and O–H groups in total. The molecule has 0 atom stereocenters. The van der Waals surface area contributed by atoms with E-state index in [1.807, 2.05) is 74.5 Å². The molecule has 0 saturated heterocycles. The fourth-order valence-electron chi connectivity index (χ4n) is 3.72. The van der Waals surface area contributed by atoms with Crippen molar-refractivity contribution in [3.8, 4) is 0 Å². The van der Waals surface area contributed by atoms with Crippen molar-refractivity contribution in [2.24, 2.45) is 0 Å². The van der Waals surface area contributed by atoms with Gasteiger partial charge < -0.3 is 0 Å². The predicted octanol–water partition coefficient (Wildman–Crippen LogP) is 5.28. The van der Waals surface area contributed by atoms with E-state index < -0.39 is 20.0 Å². The Morgan fingerprint density at radius 3 is 1.66 bits per heavy atom. The number of benzene rings is 4. The highest BCUT2D eigenvalue weighted by Gasteiger charge is 2.29. The van der Waals surface area contributed by atoms with Gasteiger partial charge in [0.25, 0.3) is 10.0 Å². The monoisotopic (exact) mass is 545 g/mol. The van der Waals surface area contributed by atoms with Gasteiger partial charge in [0, 0.05) is 5.56 Å². The second-order valence-corrected chi connectivity index (χ2v) is 12.7. The average molecular weight is 546 g/mol. The van der Waals surface area contributed by atoms with Gasteiger partial charge in [0.2, 0.25) is 5.87 Å². The molecule has 0 aliphatic heterocycles. The number of sulfonamides is 2. The summed E-state index contributed by atoms with van der Waals surface area (Å²) in [7, 11) is -8.04. The van der Waals surface area contributed by atoms with Gasteiger partial charge in [0.05, 0.1) is 11.4 Å². The van der Waals surface area contributed by atoms with Gasteiger partial charge in [-0.15, -0.1) is 0 Å². The topological polar surface area (TPSA) is 74.5 Å². The molecule has 4 aromatic rings. The molecule has 38 heavy (non-hydrogen) atoms. The lowest BCUT2D eigenvalue weighted by Gasteiger charge is -2.19. The molecule has 0 spiro atoms. The van der Waals surface area contributed by atoms with Crippen LogP contribution in [0.3, 0.4) is 0 Å². The molecule has 0 aromatic heterocycles. The molecule has 8 heteroatoms. The van der Waals surface area contributed by atoms with Crippen molar-refractivity contribution in [2.75, 3.05) is 0 Å². The second kappa shape index (κ2) is 11.6. The molecule has 0 unspecified atom stereocenters. The molecule has 0 radical (unpaired) electrons. The molecule has 0 bridgehead atoms. The summed E-state index contributed by atoms with van der Waals surface area (Å²) >= 11 is 0. The molecule has 194 valence electrons. The van der Waals surface area contributed by atoms with Crippen LogP contribution in [-0.2, 0) is 33.1 Å². The van der Waals surface area contributed by atoms with E-state index >= 15 is 0 Å². The smallest absolute Gasteiger partial charge is 0.255 e. The van der Waals surface area contributed by atoms with Gasteiger partial charge >= 0.3 is 10.0 Å². The molecule has 6 nitrogen and oxygen atoms in total. The van der Waals surface area contributed by atoms with E-state index in [2.05, 4.69) is 5.87 Å². The maximum absolute atomic E-state index is 13.7. The van der Waals surface area contributed by atoms with Gasteiger partial charge in [0.15, 0.2) is 6.54 Å². The summed E-state index contributed by atoms with van der Waals surface area (Å²) in [6, 6.07) is 31.3. The maximum Gasteiger partial charge on any atom is 0.403 e. The summed E-state index contributed by atoms with van der Waals surface area (Å²) in [4.78, 5) is 0.198. The van der Waals surface area contributed by atoms with E-state index in [4.69, 9.17) is 0 Å². The number of hydrogen-bond donors (Lipinski definition) is 0. The van der Waals surface area contributed by atoms with Crippen LogP contribution in [0, 0.1) is 13.8 Å². The van der Waals surface area contributed by atoms with Crippen LogP contribution in [-0.4, -0.2) is 31.0 Å². The van der Waals surface area contributed by atoms with Crippen LogP contribution in [0.25, 0.3) is 0 Å². The molecular formula is C30H29N2O4S2+. The first kappa shape index (κ1) is 27.1. The van der Waals surface area contributed by atoms with Crippen LogP contribution in [0.4, 0.5) is 0 Å². The van der Waals surface area contributed by atoms with E-state index in [1.165, 1.54) is 18.3 Å². The number of aryl methyl sites for hydroxylation is 2. The Bertz CT molecular complexity index is 1660. The molecule has 0 amide bonds. The fourth-order valence-corrected chi connectivity index (χ4v) is 6.22. The zero-order valence-corrected chi connectivity index (χ0v) is 22.9. The zero-order chi connectivity index (χ0) is 27.2. The van der Waals surface area contributed by atoms with Crippen LogP contribution < -0.4 is 0 Å². The summed E-state index contributed by atoms with van der Waals surface area (Å²) in [5, 5.41) is 0. The highest BCUT2D eigenvalue weighted by atomic mass is 32.2. The van der Waals surface area contributed by atoms with E-state index in [9.17, 15) is 16.8 Å². The van der Waals surface area contributed by atoms with Crippen molar-refractivity contribution < 1.29 is 20.8 Å². The Labute approximate surface area is 224 Å². The van der Waals surface area contributed by atoms with Crippen molar-refractivity contribution in [3.63, 3.8) is 0 Å². The first-order valence-electron chi connectivity index (χ1n) is 12.0. The normalized spacial score (nSPS) is 11.4. The van der Waals surface area contributed by atoms with Gasteiger partial charge in [0.1, 0.15) is 11.1 Å². The lowest BCUT2D eigenvalue weighted by Crippen LogP contribution is -2.27. The quantitative estimate of drug-likeness (QED) is 0.212. The molecule has 0 aliphatic carbocycles. The Hall–Kier alpha value is -3.97. The molecule has 0 aliphatic rings. The van der Waals surface area contributed by atoms with Gasteiger partial charge in [-0.25, -0.2) is 8.42 Å². The lowest BCUT2D eigenvalue weighted by atomic mass is 10.2. The number of hydrogen-bond acceptors (Lipinski definition) is 4. The summed E-state index contributed by atoms with van der Waals surface area (Å²) < 4.78 is 56.8. The van der Waals surface area contributed by atoms with E-state index in [0.717, 1.165) is 30.5 Å². The van der Waals surface area contributed by atoms with Gasteiger partial charge in [-0.2, -0.15) is 8.42 Å². The van der Waals surface area contributed by atoms with E-state index in [-0.39, 0.29) is 22.9 Å². The van der Waals surface area contributed by atoms with Crippen LogP contribution in [0.5, 0.6) is 0 Å². The van der Waals surface area contributed by atoms with Crippen molar-refractivity contribution in [2.45, 2.75) is 36.7 Å². The summed E-state index contributed by atoms with van der Waals surface area (Å²) in [6.07, 6.45) is 1.21. The molecule has 4 rings (SSSR count). The minimum absolute atomic E-state index is 0.00774. The summed E-state index contributed by atoms with van der Waals surface area (Å²) in [6.45, 7) is 3.75. The van der Waals surface area contributed by atoms with Gasteiger partial charge in [-0.05, 0) is 43.7 Å². The Morgan fingerprint density at radius 2 is 1.13 bits per heavy atom. The minimum atomic E-state index is -4.03. The Kier molecular flexibility index (Phi) is 8.27. The fraction of sp³-hybridized carbons (Fsp3) is 0.133. The Balaban J connectivity index is 1.86. The molecule has 0 saturated carbocycles. The molecule has 0 fully saturated rings. The third-order valence-electron chi connectivity index (χ3n) is 5.93. The molecular weight excluding hydrogens is 516 g/mol. The van der Waals surface area contributed by atoms with Crippen molar-refractivity contribution >= 4 is 25.9 Å².